The summed E-state index contributed by atoms with van der Waals surface area (Å²) in [7, 11) is 0. The van der Waals surface area contributed by atoms with Crippen LogP contribution in [0.5, 0.6) is 0 Å². The molecule has 3 rings (SSSR count). The molecule has 5 nitrogen and oxygen atoms in total. The predicted molar refractivity (Wildman–Crippen MR) is 94.1 cm³/mol. The van der Waals surface area contributed by atoms with Gasteiger partial charge in [-0.25, -0.2) is 0 Å². The van der Waals surface area contributed by atoms with Gasteiger partial charge in [-0.1, -0.05) is 32.4 Å². The molecule has 1 unspecified atom stereocenters. The maximum atomic E-state index is 12.4. The smallest absolute Gasteiger partial charge is 0.238 e. The Kier molecular flexibility index (Phi) is 5.87. The molecule has 132 valence electrons. The van der Waals surface area contributed by atoms with Crippen molar-refractivity contribution in [3.63, 3.8) is 0 Å². The second-order valence-electron chi connectivity index (χ2n) is 6.97. The average Bonchev–Trinajstić information content (AvgIpc) is 3.10. The summed E-state index contributed by atoms with van der Waals surface area (Å²) in [6, 6.07) is 8.29. The molecule has 2 aliphatic heterocycles. The van der Waals surface area contributed by atoms with Gasteiger partial charge in [0.05, 0.1) is 25.8 Å². The van der Waals surface area contributed by atoms with Crippen molar-refractivity contribution in [2.75, 3.05) is 31.6 Å². The van der Waals surface area contributed by atoms with Crippen molar-refractivity contribution in [3.05, 3.63) is 29.8 Å². The predicted octanol–water partition coefficient (Wildman–Crippen LogP) is 2.98. The van der Waals surface area contributed by atoms with Crippen molar-refractivity contribution in [3.8, 4) is 0 Å². The molecule has 2 fully saturated rings. The third-order valence-corrected chi connectivity index (χ3v) is 4.83. The van der Waals surface area contributed by atoms with Crippen LogP contribution in [0.25, 0.3) is 0 Å². The van der Waals surface area contributed by atoms with E-state index in [1.807, 2.05) is 12.1 Å². The molecule has 24 heavy (non-hydrogen) atoms. The summed E-state index contributed by atoms with van der Waals surface area (Å²) in [5.41, 5.74) is 2.13. The molecule has 0 aliphatic carbocycles. The standard InChI is InChI=1S/C19H28N2O3/c1-14(2)15-6-8-16(9-7-15)20-18(22)13-21-10-4-3-5-17(21)19-23-11-12-24-19/h6-9,14,17,19H,3-5,10-13H2,1-2H3,(H,20,22). The van der Waals surface area contributed by atoms with Gasteiger partial charge in [-0.2, -0.15) is 0 Å². The monoisotopic (exact) mass is 332 g/mol. The number of benzene rings is 1. The van der Waals surface area contributed by atoms with Gasteiger partial charge in [0.1, 0.15) is 0 Å². The lowest BCUT2D eigenvalue weighted by Gasteiger charge is -2.37. The number of likely N-dealkylation sites (tertiary alicyclic amines) is 1. The summed E-state index contributed by atoms with van der Waals surface area (Å²) < 4.78 is 11.3. The summed E-state index contributed by atoms with van der Waals surface area (Å²) in [5, 5.41) is 3.00. The van der Waals surface area contributed by atoms with E-state index in [1.54, 1.807) is 0 Å². The lowest BCUT2D eigenvalue weighted by atomic mass is 10.0. The number of hydrogen-bond acceptors (Lipinski definition) is 4. The summed E-state index contributed by atoms with van der Waals surface area (Å²) >= 11 is 0. The summed E-state index contributed by atoms with van der Waals surface area (Å²) in [6.45, 7) is 6.95. The zero-order valence-electron chi connectivity index (χ0n) is 14.7. The molecule has 2 saturated heterocycles. The zero-order chi connectivity index (χ0) is 16.9. The van der Waals surface area contributed by atoms with Crippen LogP contribution in [0.1, 0.15) is 44.6 Å². The van der Waals surface area contributed by atoms with Gasteiger partial charge in [-0.3, -0.25) is 9.69 Å². The fourth-order valence-corrected chi connectivity index (χ4v) is 3.46. The molecule has 2 heterocycles. The van der Waals surface area contributed by atoms with E-state index in [1.165, 1.54) is 12.0 Å². The van der Waals surface area contributed by atoms with Crippen LogP contribution >= 0.6 is 0 Å². The van der Waals surface area contributed by atoms with Gasteiger partial charge in [0.25, 0.3) is 0 Å². The van der Waals surface area contributed by atoms with Gasteiger partial charge in [-0.05, 0) is 43.0 Å². The molecule has 1 aromatic rings. The summed E-state index contributed by atoms with van der Waals surface area (Å²) in [6.07, 6.45) is 3.15. The normalized spacial score (nSPS) is 22.9. The molecule has 5 heteroatoms. The van der Waals surface area contributed by atoms with E-state index < -0.39 is 0 Å². The zero-order valence-corrected chi connectivity index (χ0v) is 14.7. The first kappa shape index (κ1) is 17.4. The van der Waals surface area contributed by atoms with Gasteiger partial charge < -0.3 is 14.8 Å². The first-order valence-electron chi connectivity index (χ1n) is 9.00. The highest BCUT2D eigenvalue weighted by molar-refractivity contribution is 5.92. The largest absolute Gasteiger partial charge is 0.349 e. The summed E-state index contributed by atoms with van der Waals surface area (Å²) in [4.78, 5) is 14.6. The number of piperidine rings is 1. The molecule has 0 radical (unpaired) electrons. The van der Waals surface area contributed by atoms with Crippen molar-refractivity contribution < 1.29 is 14.3 Å². The highest BCUT2D eigenvalue weighted by atomic mass is 16.7. The molecule has 2 aliphatic rings. The van der Waals surface area contributed by atoms with Gasteiger partial charge in [0, 0.05) is 5.69 Å². The molecule has 1 amide bonds. The van der Waals surface area contributed by atoms with E-state index in [-0.39, 0.29) is 18.2 Å². The molecular formula is C19H28N2O3. The number of ether oxygens (including phenoxy) is 2. The summed E-state index contributed by atoms with van der Waals surface area (Å²) in [5.74, 6) is 0.521. The Balaban J connectivity index is 1.56. The van der Waals surface area contributed by atoms with E-state index in [0.717, 1.165) is 25.1 Å². The first-order valence-corrected chi connectivity index (χ1v) is 9.00. The number of nitrogens with zero attached hydrogens (tertiary/aromatic N) is 1. The number of nitrogens with one attached hydrogen (secondary N) is 1. The SMILES string of the molecule is CC(C)c1ccc(NC(=O)CN2CCCCC2C2OCCO2)cc1. The maximum absolute atomic E-state index is 12.4. The van der Waals surface area contributed by atoms with Crippen LogP contribution < -0.4 is 5.32 Å². The number of amides is 1. The Morgan fingerprint density at radius 1 is 1.21 bits per heavy atom. The number of anilines is 1. The van der Waals surface area contributed by atoms with Gasteiger partial charge in [0.15, 0.2) is 6.29 Å². The van der Waals surface area contributed by atoms with Gasteiger partial charge >= 0.3 is 0 Å². The van der Waals surface area contributed by atoms with E-state index in [0.29, 0.717) is 25.7 Å². The third-order valence-electron chi connectivity index (χ3n) is 4.83. The van der Waals surface area contributed by atoms with Crippen LogP contribution in [0.4, 0.5) is 5.69 Å². The highest BCUT2D eigenvalue weighted by Gasteiger charge is 2.34. The maximum Gasteiger partial charge on any atom is 0.238 e. The van der Waals surface area contributed by atoms with Crippen LogP contribution in [0, 0.1) is 0 Å². The van der Waals surface area contributed by atoms with Crippen molar-refractivity contribution in [2.24, 2.45) is 0 Å². The van der Waals surface area contributed by atoms with Crippen molar-refractivity contribution >= 4 is 11.6 Å². The van der Waals surface area contributed by atoms with Crippen LogP contribution in [-0.2, 0) is 14.3 Å². The van der Waals surface area contributed by atoms with Crippen LogP contribution in [0.2, 0.25) is 0 Å². The molecule has 0 aromatic heterocycles. The first-order chi connectivity index (χ1) is 11.6. The van der Waals surface area contributed by atoms with E-state index in [4.69, 9.17) is 9.47 Å². The van der Waals surface area contributed by atoms with E-state index in [2.05, 4.69) is 36.2 Å². The lowest BCUT2D eigenvalue weighted by molar-refractivity contribution is -0.127. The second kappa shape index (κ2) is 8.10. The molecule has 0 saturated carbocycles. The van der Waals surface area contributed by atoms with Crippen molar-refractivity contribution in [1.82, 2.24) is 4.90 Å². The fourth-order valence-electron chi connectivity index (χ4n) is 3.46. The Morgan fingerprint density at radius 2 is 1.92 bits per heavy atom. The van der Waals surface area contributed by atoms with E-state index in [9.17, 15) is 4.79 Å². The topological polar surface area (TPSA) is 50.8 Å². The molecule has 0 bridgehead atoms. The van der Waals surface area contributed by atoms with Gasteiger partial charge in [-0.15, -0.1) is 0 Å². The minimum absolute atomic E-state index is 0.0252. The van der Waals surface area contributed by atoms with E-state index >= 15 is 0 Å². The van der Waals surface area contributed by atoms with Crippen LogP contribution in [-0.4, -0.2) is 49.4 Å². The Bertz CT molecular complexity index is 538. The molecule has 1 aromatic carbocycles. The Hall–Kier alpha value is -1.43. The minimum Gasteiger partial charge on any atom is -0.349 e. The third kappa shape index (κ3) is 4.35. The number of carbonyl (C=O) groups is 1. The van der Waals surface area contributed by atoms with Gasteiger partial charge in [0.2, 0.25) is 5.91 Å². The van der Waals surface area contributed by atoms with Crippen molar-refractivity contribution in [1.29, 1.82) is 0 Å². The molecule has 1 atom stereocenters. The Labute approximate surface area is 144 Å². The van der Waals surface area contributed by atoms with Crippen LogP contribution in [0.15, 0.2) is 24.3 Å². The lowest BCUT2D eigenvalue weighted by Crippen LogP contribution is -2.50. The van der Waals surface area contributed by atoms with Crippen LogP contribution in [0.3, 0.4) is 0 Å². The fraction of sp³-hybridized carbons (Fsp3) is 0.632. The highest BCUT2D eigenvalue weighted by Crippen LogP contribution is 2.24. The second-order valence-corrected chi connectivity index (χ2v) is 6.97. The molecule has 1 N–H and O–H groups in total. The number of rotatable bonds is 5. The quantitative estimate of drug-likeness (QED) is 0.901. The number of carbonyl (C=O) groups excluding carboxylic acids is 1. The molecular weight excluding hydrogens is 304 g/mol. The average molecular weight is 332 g/mol. The van der Waals surface area contributed by atoms with Crippen molar-refractivity contribution in [2.45, 2.75) is 51.4 Å². The Morgan fingerprint density at radius 3 is 2.58 bits per heavy atom. The molecule has 0 spiro atoms. The minimum atomic E-state index is -0.177. The number of hydrogen-bond donors (Lipinski definition) is 1.